The van der Waals surface area contributed by atoms with Gasteiger partial charge in [-0.1, -0.05) is 36.4 Å². The standard InChI is InChI=1S/C15H10BrNO/c16-12-7-4-8-13-15(12)17-14(18-13)10-9-11-5-2-1-3-6-11/h1-10H/b10-9+. The first kappa shape index (κ1) is 11.2. The summed E-state index contributed by atoms with van der Waals surface area (Å²) in [6, 6.07) is 15.9. The summed E-state index contributed by atoms with van der Waals surface area (Å²) in [6.45, 7) is 0. The van der Waals surface area contributed by atoms with Crippen molar-refractivity contribution >= 4 is 39.2 Å². The van der Waals surface area contributed by atoms with Crippen LogP contribution in [0.1, 0.15) is 11.5 Å². The van der Waals surface area contributed by atoms with E-state index in [4.69, 9.17) is 4.42 Å². The van der Waals surface area contributed by atoms with Crippen LogP contribution in [-0.2, 0) is 0 Å². The number of halogens is 1. The molecule has 2 nitrogen and oxygen atoms in total. The van der Waals surface area contributed by atoms with Crippen molar-refractivity contribution < 1.29 is 4.42 Å². The highest BCUT2D eigenvalue weighted by atomic mass is 79.9. The zero-order valence-electron chi connectivity index (χ0n) is 9.51. The Kier molecular flexibility index (Phi) is 2.99. The van der Waals surface area contributed by atoms with Crippen molar-refractivity contribution in [3.05, 3.63) is 64.5 Å². The Labute approximate surface area is 113 Å². The lowest BCUT2D eigenvalue weighted by Crippen LogP contribution is -1.72. The molecule has 0 N–H and O–H groups in total. The van der Waals surface area contributed by atoms with Gasteiger partial charge in [-0.2, -0.15) is 0 Å². The molecule has 0 unspecified atom stereocenters. The molecule has 0 aliphatic carbocycles. The molecule has 3 rings (SSSR count). The summed E-state index contributed by atoms with van der Waals surface area (Å²) in [6.07, 6.45) is 3.86. The molecule has 18 heavy (non-hydrogen) atoms. The maximum absolute atomic E-state index is 5.64. The highest BCUT2D eigenvalue weighted by Gasteiger charge is 2.05. The van der Waals surface area contributed by atoms with Crippen LogP contribution in [0.4, 0.5) is 0 Å². The van der Waals surface area contributed by atoms with E-state index in [0.29, 0.717) is 5.89 Å². The first-order valence-corrected chi connectivity index (χ1v) is 6.40. The summed E-state index contributed by atoms with van der Waals surface area (Å²) < 4.78 is 6.59. The van der Waals surface area contributed by atoms with Crippen molar-refractivity contribution in [1.29, 1.82) is 0 Å². The lowest BCUT2D eigenvalue weighted by molar-refractivity contribution is 0.589. The van der Waals surface area contributed by atoms with Gasteiger partial charge in [0.15, 0.2) is 5.58 Å². The fraction of sp³-hybridized carbons (Fsp3) is 0. The molecule has 88 valence electrons. The summed E-state index contributed by atoms with van der Waals surface area (Å²) in [5.41, 5.74) is 2.76. The summed E-state index contributed by atoms with van der Waals surface area (Å²) in [4.78, 5) is 4.43. The molecule has 1 aromatic heterocycles. The van der Waals surface area contributed by atoms with E-state index < -0.39 is 0 Å². The monoisotopic (exact) mass is 299 g/mol. The molecule has 0 atom stereocenters. The van der Waals surface area contributed by atoms with Gasteiger partial charge in [0.1, 0.15) is 5.52 Å². The smallest absolute Gasteiger partial charge is 0.220 e. The van der Waals surface area contributed by atoms with Gasteiger partial charge in [0.05, 0.1) is 0 Å². The molecule has 0 saturated carbocycles. The highest BCUT2D eigenvalue weighted by Crippen LogP contribution is 2.24. The average Bonchev–Trinajstić information content (AvgIpc) is 2.82. The van der Waals surface area contributed by atoms with Crippen LogP contribution in [0.2, 0.25) is 0 Å². The number of benzene rings is 2. The van der Waals surface area contributed by atoms with Crippen LogP contribution in [0, 0.1) is 0 Å². The molecule has 3 heteroatoms. The number of oxazole rings is 1. The van der Waals surface area contributed by atoms with Crippen LogP contribution in [0.25, 0.3) is 23.3 Å². The Morgan fingerprint density at radius 2 is 1.78 bits per heavy atom. The normalized spacial score (nSPS) is 11.4. The van der Waals surface area contributed by atoms with Gasteiger partial charge in [-0.05, 0) is 39.7 Å². The van der Waals surface area contributed by atoms with Gasteiger partial charge in [-0.15, -0.1) is 0 Å². The Hall–Kier alpha value is -1.87. The molecule has 0 bridgehead atoms. The van der Waals surface area contributed by atoms with Gasteiger partial charge >= 0.3 is 0 Å². The third-order valence-electron chi connectivity index (χ3n) is 2.60. The van der Waals surface area contributed by atoms with Gasteiger partial charge in [-0.25, -0.2) is 4.98 Å². The van der Waals surface area contributed by atoms with Gasteiger partial charge in [0, 0.05) is 10.5 Å². The van der Waals surface area contributed by atoms with E-state index in [2.05, 4.69) is 20.9 Å². The molecule has 0 spiro atoms. The Bertz CT molecular complexity index is 701. The number of fused-ring (bicyclic) bond motifs is 1. The van der Waals surface area contributed by atoms with E-state index in [1.165, 1.54) is 0 Å². The quantitative estimate of drug-likeness (QED) is 0.682. The number of aromatic nitrogens is 1. The van der Waals surface area contributed by atoms with Gasteiger partial charge < -0.3 is 4.42 Å². The number of hydrogen-bond acceptors (Lipinski definition) is 2. The van der Waals surface area contributed by atoms with Crippen molar-refractivity contribution in [3.63, 3.8) is 0 Å². The Morgan fingerprint density at radius 3 is 2.56 bits per heavy atom. The second-order valence-corrected chi connectivity index (χ2v) is 4.74. The summed E-state index contributed by atoms with van der Waals surface area (Å²) in [5.74, 6) is 0.612. The molecule has 0 aliphatic rings. The van der Waals surface area contributed by atoms with Crippen LogP contribution in [-0.4, -0.2) is 4.98 Å². The first-order valence-electron chi connectivity index (χ1n) is 5.61. The molecule has 0 saturated heterocycles. The largest absolute Gasteiger partial charge is 0.437 e. The van der Waals surface area contributed by atoms with E-state index in [1.54, 1.807) is 0 Å². The number of rotatable bonds is 2. The third-order valence-corrected chi connectivity index (χ3v) is 3.24. The third kappa shape index (κ3) is 2.22. The zero-order valence-corrected chi connectivity index (χ0v) is 11.1. The molecule has 0 radical (unpaired) electrons. The molecule has 0 fully saturated rings. The van der Waals surface area contributed by atoms with Gasteiger partial charge in [0.2, 0.25) is 5.89 Å². The Balaban J connectivity index is 1.96. The first-order chi connectivity index (χ1) is 8.83. The lowest BCUT2D eigenvalue weighted by atomic mass is 10.2. The van der Waals surface area contributed by atoms with E-state index >= 15 is 0 Å². The van der Waals surface area contributed by atoms with Crippen molar-refractivity contribution in [2.45, 2.75) is 0 Å². The molecule has 3 aromatic rings. The summed E-state index contributed by atoms with van der Waals surface area (Å²) in [5, 5.41) is 0. The molecule has 1 heterocycles. The maximum atomic E-state index is 5.64. The lowest BCUT2D eigenvalue weighted by Gasteiger charge is -1.88. The minimum absolute atomic E-state index is 0.612. The van der Waals surface area contributed by atoms with Crippen LogP contribution in [0.15, 0.2) is 57.4 Å². The predicted molar refractivity (Wildman–Crippen MR) is 77.1 cm³/mol. The van der Waals surface area contributed by atoms with E-state index in [1.807, 2.05) is 60.7 Å². The number of hydrogen-bond donors (Lipinski definition) is 0. The minimum atomic E-state index is 0.612. The van der Waals surface area contributed by atoms with Crippen LogP contribution < -0.4 is 0 Å². The number of para-hydroxylation sites is 1. The fourth-order valence-corrected chi connectivity index (χ4v) is 2.17. The molecular formula is C15H10BrNO. The van der Waals surface area contributed by atoms with Crippen molar-refractivity contribution in [1.82, 2.24) is 4.98 Å². The second kappa shape index (κ2) is 4.78. The number of nitrogens with zero attached hydrogens (tertiary/aromatic N) is 1. The minimum Gasteiger partial charge on any atom is -0.437 e. The zero-order chi connectivity index (χ0) is 12.4. The van der Waals surface area contributed by atoms with Crippen LogP contribution in [0.5, 0.6) is 0 Å². The topological polar surface area (TPSA) is 26.0 Å². The van der Waals surface area contributed by atoms with Crippen molar-refractivity contribution in [2.24, 2.45) is 0 Å². The summed E-state index contributed by atoms with van der Waals surface area (Å²) in [7, 11) is 0. The van der Waals surface area contributed by atoms with Crippen molar-refractivity contribution in [2.75, 3.05) is 0 Å². The van der Waals surface area contributed by atoms with E-state index in [-0.39, 0.29) is 0 Å². The fourth-order valence-electron chi connectivity index (χ4n) is 1.74. The van der Waals surface area contributed by atoms with E-state index in [9.17, 15) is 0 Å². The maximum Gasteiger partial charge on any atom is 0.220 e. The molecule has 0 aliphatic heterocycles. The molecule has 2 aromatic carbocycles. The predicted octanol–water partition coefficient (Wildman–Crippen LogP) is 4.76. The second-order valence-electron chi connectivity index (χ2n) is 3.88. The average molecular weight is 300 g/mol. The van der Waals surface area contributed by atoms with Crippen LogP contribution in [0.3, 0.4) is 0 Å². The highest BCUT2D eigenvalue weighted by molar-refractivity contribution is 9.10. The molecule has 0 amide bonds. The van der Waals surface area contributed by atoms with Gasteiger partial charge in [0.25, 0.3) is 0 Å². The Morgan fingerprint density at radius 1 is 0.944 bits per heavy atom. The van der Waals surface area contributed by atoms with E-state index in [0.717, 1.165) is 21.1 Å². The molecular weight excluding hydrogens is 290 g/mol. The SMILES string of the molecule is Brc1cccc2oc(/C=C/c3ccccc3)nc12. The van der Waals surface area contributed by atoms with Gasteiger partial charge in [-0.3, -0.25) is 0 Å². The summed E-state index contributed by atoms with van der Waals surface area (Å²) >= 11 is 3.46. The van der Waals surface area contributed by atoms with Crippen LogP contribution >= 0.6 is 15.9 Å². The van der Waals surface area contributed by atoms with Crippen molar-refractivity contribution in [3.8, 4) is 0 Å².